The van der Waals surface area contributed by atoms with Gasteiger partial charge in [0, 0.05) is 37.8 Å². The summed E-state index contributed by atoms with van der Waals surface area (Å²) in [6.45, 7) is 2.04. The van der Waals surface area contributed by atoms with E-state index in [1.807, 2.05) is 17.0 Å². The molecule has 4 nitrogen and oxygen atoms in total. The maximum absolute atomic E-state index is 13.4. The zero-order valence-electron chi connectivity index (χ0n) is 15.7. The van der Waals surface area contributed by atoms with Crippen molar-refractivity contribution in [3.8, 4) is 5.75 Å². The number of ether oxygens (including phenoxy) is 1. The topological polar surface area (TPSA) is 41.6 Å². The molecule has 1 aliphatic rings. The summed E-state index contributed by atoms with van der Waals surface area (Å²) in [5.41, 5.74) is 1.65. The minimum absolute atomic E-state index is 0.0155. The molecular weight excluding hydrogens is 386 g/mol. The lowest BCUT2D eigenvalue weighted by Crippen LogP contribution is -2.31. The Balaban J connectivity index is 1.42. The summed E-state index contributed by atoms with van der Waals surface area (Å²) in [5.74, 6) is -0.801. The van der Waals surface area contributed by atoms with Gasteiger partial charge in [0.2, 0.25) is 5.91 Å². The second-order valence-electron chi connectivity index (χ2n) is 6.97. The Kier molecular flexibility index (Phi) is 6.73. The molecule has 0 aliphatic carbocycles. The molecule has 2 aromatic rings. The van der Waals surface area contributed by atoms with E-state index in [0.717, 1.165) is 24.6 Å². The lowest BCUT2D eigenvalue weighted by Gasteiger charge is -2.19. The monoisotopic (exact) mass is 408 g/mol. The van der Waals surface area contributed by atoms with E-state index in [1.54, 1.807) is 19.2 Å². The van der Waals surface area contributed by atoms with E-state index < -0.39 is 11.6 Å². The van der Waals surface area contributed by atoms with Crippen LogP contribution in [0.5, 0.6) is 5.75 Å². The average molecular weight is 409 g/mol. The number of nitrogens with zero attached hydrogens (tertiary/aromatic N) is 1. The van der Waals surface area contributed by atoms with Gasteiger partial charge < -0.3 is 15.0 Å². The van der Waals surface area contributed by atoms with Crippen molar-refractivity contribution in [2.24, 2.45) is 5.92 Å². The number of aryl methyl sites for hydroxylation is 1. The van der Waals surface area contributed by atoms with E-state index >= 15 is 0 Å². The van der Waals surface area contributed by atoms with E-state index in [9.17, 15) is 13.6 Å². The number of benzene rings is 2. The van der Waals surface area contributed by atoms with Crippen LogP contribution in [0.4, 0.5) is 14.5 Å². The van der Waals surface area contributed by atoms with Gasteiger partial charge in [0.05, 0.1) is 12.1 Å². The molecule has 0 bridgehead atoms. The minimum atomic E-state index is -0.843. The van der Waals surface area contributed by atoms with Crippen molar-refractivity contribution < 1.29 is 18.3 Å². The number of nitrogens with one attached hydrogen (secondary N) is 1. The molecule has 1 fully saturated rings. The van der Waals surface area contributed by atoms with E-state index in [-0.39, 0.29) is 11.8 Å². The van der Waals surface area contributed by atoms with Gasteiger partial charge in [-0.25, -0.2) is 8.78 Å². The smallest absolute Gasteiger partial charge is 0.220 e. The SMILES string of the molecule is COc1ccc(CCC(=O)NC[C@H]2CCN(c3ccc(F)c(F)c3)C2)cc1Cl. The summed E-state index contributed by atoms with van der Waals surface area (Å²) in [6.07, 6.45) is 1.87. The molecular formula is C21H23ClF2N2O2. The van der Waals surface area contributed by atoms with Crippen LogP contribution in [0.2, 0.25) is 5.02 Å². The molecule has 0 saturated carbocycles. The number of methoxy groups -OCH3 is 1. The average Bonchev–Trinajstić information content (AvgIpc) is 3.16. The quantitative estimate of drug-likeness (QED) is 0.746. The van der Waals surface area contributed by atoms with Crippen LogP contribution in [0, 0.1) is 17.6 Å². The Bertz CT molecular complexity index is 847. The number of halogens is 3. The van der Waals surface area contributed by atoms with Crippen LogP contribution in [0.3, 0.4) is 0 Å². The minimum Gasteiger partial charge on any atom is -0.495 e. The lowest BCUT2D eigenvalue weighted by molar-refractivity contribution is -0.121. The summed E-state index contributed by atoms with van der Waals surface area (Å²) in [4.78, 5) is 14.2. The number of carbonyl (C=O) groups excluding carboxylic acids is 1. The standard InChI is InChI=1S/C21H23ClF2N2O2/c1-28-20-6-2-14(10-17(20)22)3-7-21(27)25-12-15-8-9-26(13-15)16-4-5-18(23)19(24)11-16/h2,4-6,10-11,15H,3,7-9,12-13H2,1H3,(H,25,27)/t15-/m1/s1. The number of hydrogen-bond donors (Lipinski definition) is 1. The van der Waals surface area contributed by atoms with Gasteiger partial charge in [0.1, 0.15) is 5.75 Å². The van der Waals surface area contributed by atoms with Crippen LogP contribution in [-0.2, 0) is 11.2 Å². The van der Waals surface area contributed by atoms with Crippen LogP contribution in [0.25, 0.3) is 0 Å². The zero-order valence-corrected chi connectivity index (χ0v) is 16.4. The molecule has 1 saturated heterocycles. The normalized spacial score (nSPS) is 16.3. The molecule has 7 heteroatoms. The first-order valence-corrected chi connectivity index (χ1v) is 9.63. The van der Waals surface area contributed by atoms with Gasteiger partial charge in [-0.2, -0.15) is 0 Å². The fraction of sp³-hybridized carbons (Fsp3) is 0.381. The largest absolute Gasteiger partial charge is 0.495 e. The molecule has 1 atom stereocenters. The number of anilines is 1. The molecule has 0 unspecified atom stereocenters. The van der Waals surface area contributed by atoms with Crippen molar-refractivity contribution in [1.29, 1.82) is 0 Å². The molecule has 0 aromatic heterocycles. The first kappa shape index (κ1) is 20.4. The van der Waals surface area contributed by atoms with Gasteiger partial charge in [-0.05, 0) is 48.6 Å². The van der Waals surface area contributed by atoms with Crippen molar-refractivity contribution in [3.63, 3.8) is 0 Å². The predicted molar refractivity (Wildman–Crippen MR) is 106 cm³/mol. The molecule has 1 amide bonds. The fourth-order valence-electron chi connectivity index (χ4n) is 3.39. The number of rotatable bonds is 7. The van der Waals surface area contributed by atoms with Crippen LogP contribution in [0.1, 0.15) is 18.4 Å². The van der Waals surface area contributed by atoms with Gasteiger partial charge in [-0.1, -0.05) is 17.7 Å². The highest BCUT2D eigenvalue weighted by Gasteiger charge is 2.23. The molecule has 0 spiro atoms. The molecule has 150 valence electrons. The highest BCUT2D eigenvalue weighted by atomic mass is 35.5. The lowest BCUT2D eigenvalue weighted by atomic mass is 10.1. The third-order valence-corrected chi connectivity index (χ3v) is 5.29. The molecule has 2 aromatic carbocycles. The van der Waals surface area contributed by atoms with Crippen molar-refractivity contribution in [2.45, 2.75) is 19.3 Å². The van der Waals surface area contributed by atoms with E-state index in [1.165, 1.54) is 6.07 Å². The van der Waals surface area contributed by atoms with Crippen molar-refractivity contribution in [3.05, 3.63) is 58.6 Å². The molecule has 1 heterocycles. The van der Waals surface area contributed by atoms with Gasteiger partial charge >= 0.3 is 0 Å². The van der Waals surface area contributed by atoms with Gasteiger partial charge in [0.25, 0.3) is 0 Å². The fourth-order valence-corrected chi connectivity index (χ4v) is 3.67. The molecule has 28 heavy (non-hydrogen) atoms. The molecule has 1 N–H and O–H groups in total. The zero-order chi connectivity index (χ0) is 20.1. The Hall–Kier alpha value is -2.34. The highest BCUT2D eigenvalue weighted by molar-refractivity contribution is 6.32. The number of amides is 1. The Morgan fingerprint density at radius 2 is 2.07 bits per heavy atom. The Morgan fingerprint density at radius 1 is 1.25 bits per heavy atom. The Labute approximate surface area is 168 Å². The third-order valence-electron chi connectivity index (χ3n) is 5.00. The summed E-state index contributed by atoms with van der Waals surface area (Å²) in [7, 11) is 1.56. The maximum atomic E-state index is 13.4. The van der Waals surface area contributed by atoms with Crippen LogP contribution in [0.15, 0.2) is 36.4 Å². The summed E-state index contributed by atoms with van der Waals surface area (Å²) < 4.78 is 31.6. The molecule has 3 rings (SSSR count). The number of carbonyl (C=O) groups is 1. The van der Waals surface area contributed by atoms with Crippen molar-refractivity contribution >= 4 is 23.2 Å². The predicted octanol–water partition coefficient (Wildman–Crippen LogP) is 4.20. The van der Waals surface area contributed by atoms with Gasteiger partial charge in [-0.15, -0.1) is 0 Å². The maximum Gasteiger partial charge on any atom is 0.220 e. The molecule has 1 aliphatic heterocycles. The summed E-state index contributed by atoms with van der Waals surface area (Å²) in [5, 5.41) is 3.50. The van der Waals surface area contributed by atoms with E-state index in [2.05, 4.69) is 5.32 Å². The van der Waals surface area contributed by atoms with Crippen LogP contribution in [-0.4, -0.2) is 32.7 Å². The highest BCUT2D eigenvalue weighted by Crippen LogP contribution is 2.26. The van der Waals surface area contributed by atoms with Crippen molar-refractivity contribution in [2.75, 3.05) is 31.6 Å². The van der Waals surface area contributed by atoms with Crippen LogP contribution < -0.4 is 15.0 Å². The van der Waals surface area contributed by atoms with Crippen LogP contribution >= 0.6 is 11.6 Å². The van der Waals surface area contributed by atoms with E-state index in [0.29, 0.717) is 42.4 Å². The third kappa shape index (κ3) is 5.13. The first-order valence-electron chi connectivity index (χ1n) is 9.25. The van der Waals surface area contributed by atoms with Gasteiger partial charge in [0.15, 0.2) is 11.6 Å². The summed E-state index contributed by atoms with van der Waals surface area (Å²) in [6, 6.07) is 9.45. The van der Waals surface area contributed by atoms with Crippen molar-refractivity contribution in [1.82, 2.24) is 5.32 Å². The second kappa shape index (κ2) is 9.24. The Morgan fingerprint density at radius 3 is 2.79 bits per heavy atom. The van der Waals surface area contributed by atoms with E-state index in [4.69, 9.17) is 16.3 Å². The van der Waals surface area contributed by atoms with Gasteiger partial charge in [-0.3, -0.25) is 4.79 Å². The first-order chi connectivity index (χ1) is 13.5. The summed E-state index contributed by atoms with van der Waals surface area (Å²) >= 11 is 6.10. The number of hydrogen-bond acceptors (Lipinski definition) is 3. The molecule has 0 radical (unpaired) electrons. The second-order valence-corrected chi connectivity index (χ2v) is 7.38.